The molecule has 0 aromatic heterocycles. The number of hydroxylamine groups is 2. The second-order valence-corrected chi connectivity index (χ2v) is 2.36. The van der Waals surface area contributed by atoms with Crippen LogP contribution in [0, 0.1) is 0 Å². The fourth-order valence-corrected chi connectivity index (χ4v) is 0.995. The van der Waals surface area contributed by atoms with E-state index in [0.29, 0.717) is 11.5 Å². The largest absolute Gasteiger partial charge is 0.394 e. The minimum atomic E-state index is -0.651. The predicted octanol–water partition coefficient (Wildman–Crippen LogP) is -1.70. The van der Waals surface area contributed by atoms with Crippen LogP contribution < -0.4 is 5.73 Å². The molecule has 1 heterocycles. The number of hydrogen-bond acceptors (Lipinski definition) is 4. The standard InChI is InChI=1S/C5H10N2O3/c6-4-1-3(2-8)7(10)5(4)9/h3-4,8,10H,1-2,6H2. The number of rotatable bonds is 1. The van der Waals surface area contributed by atoms with Crippen molar-refractivity contribution < 1.29 is 15.1 Å². The van der Waals surface area contributed by atoms with Gasteiger partial charge >= 0.3 is 0 Å². The number of hydrogen-bond donors (Lipinski definition) is 3. The molecule has 1 amide bonds. The molecule has 5 heteroatoms. The number of carbonyl (C=O) groups excluding carboxylic acids is 1. The van der Waals surface area contributed by atoms with Gasteiger partial charge in [-0.2, -0.15) is 0 Å². The van der Waals surface area contributed by atoms with Gasteiger partial charge in [-0.05, 0) is 6.42 Å². The van der Waals surface area contributed by atoms with E-state index in [2.05, 4.69) is 0 Å². The molecule has 10 heavy (non-hydrogen) atoms. The summed E-state index contributed by atoms with van der Waals surface area (Å²) < 4.78 is 0. The molecule has 1 rings (SSSR count). The first-order chi connectivity index (χ1) is 4.66. The zero-order chi connectivity index (χ0) is 7.72. The fourth-order valence-electron chi connectivity index (χ4n) is 0.995. The van der Waals surface area contributed by atoms with Crippen LogP contribution in [0.5, 0.6) is 0 Å². The van der Waals surface area contributed by atoms with Gasteiger partial charge in [-0.3, -0.25) is 10.0 Å². The van der Waals surface area contributed by atoms with Crippen LogP contribution in [-0.4, -0.2) is 40.0 Å². The van der Waals surface area contributed by atoms with Gasteiger partial charge in [0.15, 0.2) is 0 Å². The van der Waals surface area contributed by atoms with Crippen LogP contribution in [0.3, 0.4) is 0 Å². The molecule has 58 valence electrons. The Morgan fingerprint density at radius 1 is 1.80 bits per heavy atom. The Bertz CT molecular complexity index is 150. The summed E-state index contributed by atoms with van der Waals surface area (Å²) in [6, 6.07) is -1.16. The second-order valence-electron chi connectivity index (χ2n) is 2.36. The number of aliphatic hydroxyl groups is 1. The van der Waals surface area contributed by atoms with E-state index >= 15 is 0 Å². The molecule has 2 unspecified atom stereocenters. The molecular formula is C5H10N2O3. The van der Waals surface area contributed by atoms with Crippen molar-refractivity contribution in [3.8, 4) is 0 Å². The first-order valence-electron chi connectivity index (χ1n) is 3.05. The highest BCUT2D eigenvalue weighted by atomic mass is 16.5. The van der Waals surface area contributed by atoms with Gasteiger partial charge in [0, 0.05) is 0 Å². The summed E-state index contributed by atoms with van der Waals surface area (Å²) in [7, 11) is 0. The topological polar surface area (TPSA) is 86.8 Å². The molecular weight excluding hydrogens is 136 g/mol. The molecule has 1 fully saturated rings. The van der Waals surface area contributed by atoms with Crippen molar-refractivity contribution in [3.05, 3.63) is 0 Å². The highest BCUT2D eigenvalue weighted by Crippen LogP contribution is 2.14. The van der Waals surface area contributed by atoms with Crippen molar-refractivity contribution in [2.75, 3.05) is 6.61 Å². The molecule has 0 aromatic carbocycles. The first-order valence-corrected chi connectivity index (χ1v) is 3.05. The lowest BCUT2D eigenvalue weighted by atomic mass is 10.2. The third-order valence-electron chi connectivity index (χ3n) is 1.63. The average Bonchev–Trinajstić information content (AvgIpc) is 2.17. The smallest absolute Gasteiger partial charge is 0.263 e. The maximum Gasteiger partial charge on any atom is 0.263 e. The van der Waals surface area contributed by atoms with Gasteiger partial charge in [-0.1, -0.05) is 0 Å². The Labute approximate surface area is 58.0 Å². The molecule has 0 aliphatic carbocycles. The second kappa shape index (κ2) is 2.53. The molecule has 5 nitrogen and oxygen atoms in total. The first kappa shape index (κ1) is 7.46. The SMILES string of the molecule is NC1CC(CO)N(O)C1=O. The molecule has 4 N–H and O–H groups in total. The number of amides is 1. The van der Waals surface area contributed by atoms with E-state index in [1.807, 2.05) is 0 Å². The number of aliphatic hydroxyl groups excluding tert-OH is 1. The maximum atomic E-state index is 10.7. The summed E-state index contributed by atoms with van der Waals surface area (Å²) >= 11 is 0. The molecule has 0 bridgehead atoms. The van der Waals surface area contributed by atoms with Crippen molar-refractivity contribution in [2.24, 2.45) is 5.73 Å². The zero-order valence-corrected chi connectivity index (χ0v) is 5.40. The fraction of sp³-hybridized carbons (Fsp3) is 0.800. The van der Waals surface area contributed by atoms with E-state index in [9.17, 15) is 4.79 Å². The third kappa shape index (κ3) is 0.985. The van der Waals surface area contributed by atoms with Gasteiger partial charge in [0.1, 0.15) is 0 Å². The zero-order valence-electron chi connectivity index (χ0n) is 5.40. The molecule has 0 radical (unpaired) electrons. The minimum Gasteiger partial charge on any atom is -0.394 e. The Morgan fingerprint density at radius 2 is 2.40 bits per heavy atom. The Balaban J connectivity index is 2.61. The molecule has 0 spiro atoms. The highest BCUT2D eigenvalue weighted by molar-refractivity contribution is 5.83. The van der Waals surface area contributed by atoms with Crippen molar-refractivity contribution in [1.29, 1.82) is 0 Å². The van der Waals surface area contributed by atoms with Gasteiger partial charge in [0.2, 0.25) is 0 Å². The van der Waals surface area contributed by atoms with Gasteiger partial charge in [0.05, 0.1) is 18.7 Å². The quantitative estimate of drug-likeness (QED) is 0.385. The summed E-state index contributed by atoms with van der Waals surface area (Å²) in [6.07, 6.45) is 0.325. The Morgan fingerprint density at radius 3 is 2.60 bits per heavy atom. The Hall–Kier alpha value is -0.650. The van der Waals surface area contributed by atoms with E-state index in [1.54, 1.807) is 0 Å². The molecule has 0 saturated carbocycles. The van der Waals surface area contributed by atoms with Crippen LogP contribution >= 0.6 is 0 Å². The summed E-state index contributed by atoms with van der Waals surface area (Å²) in [6.45, 7) is -0.240. The van der Waals surface area contributed by atoms with Crippen LogP contribution in [0.1, 0.15) is 6.42 Å². The number of nitrogens with zero attached hydrogens (tertiary/aromatic N) is 1. The maximum absolute atomic E-state index is 10.7. The number of carbonyl (C=O) groups is 1. The lowest BCUT2D eigenvalue weighted by Gasteiger charge is -2.13. The molecule has 0 aromatic rings. The van der Waals surface area contributed by atoms with E-state index in [-0.39, 0.29) is 6.61 Å². The normalized spacial score (nSPS) is 33.5. The average molecular weight is 146 g/mol. The highest BCUT2D eigenvalue weighted by Gasteiger charge is 2.35. The summed E-state index contributed by atoms with van der Waals surface area (Å²) in [5.74, 6) is -0.515. The van der Waals surface area contributed by atoms with Crippen molar-refractivity contribution in [2.45, 2.75) is 18.5 Å². The van der Waals surface area contributed by atoms with Crippen molar-refractivity contribution >= 4 is 5.91 Å². The van der Waals surface area contributed by atoms with Crippen molar-refractivity contribution in [3.63, 3.8) is 0 Å². The molecule has 1 aliphatic heterocycles. The predicted molar refractivity (Wildman–Crippen MR) is 32.1 cm³/mol. The third-order valence-corrected chi connectivity index (χ3v) is 1.63. The van der Waals surface area contributed by atoms with Crippen LogP contribution in [0.4, 0.5) is 0 Å². The molecule has 1 aliphatic rings. The van der Waals surface area contributed by atoms with Crippen LogP contribution in [0.15, 0.2) is 0 Å². The van der Waals surface area contributed by atoms with Gasteiger partial charge in [-0.15, -0.1) is 0 Å². The van der Waals surface area contributed by atoms with Crippen LogP contribution in [0.2, 0.25) is 0 Å². The van der Waals surface area contributed by atoms with E-state index < -0.39 is 18.0 Å². The van der Waals surface area contributed by atoms with E-state index in [1.165, 1.54) is 0 Å². The lowest BCUT2D eigenvalue weighted by Crippen LogP contribution is -2.35. The Kier molecular flexibility index (Phi) is 1.89. The number of nitrogens with two attached hydrogens (primary N) is 1. The van der Waals surface area contributed by atoms with Gasteiger partial charge < -0.3 is 10.8 Å². The van der Waals surface area contributed by atoms with E-state index in [0.717, 1.165) is 0 Å². The monoisotopic (exact) mass is 146 g/mol. The van der Waals surface area contributed by atoms with Crippen LogP contribution in [-0.2, 0) is 4.79 Å². The van der Waals surface area contributed by atoms with Crippen LogP contribution in [0.25, 0.3) is 0 Å². The van der Waals surface area contributed by atoms with Gasteiger partial charge in [0.25, 0.3) is 5.91 Å². The minimum absolute atomic E-state index is 0.240. The molecule has 2 atom stereocenters. The summed E-state index contributed by atoms with van der Waals surface area (Å²) in [4.78, 5) is 10.7. The van der Waals surface area contributed by atoms with Crippen molar-refractivity contribution in [1.82, 2.24) is 5.06 Å². The molecule has 1 saturated heterocycles. The van der Waals surface area contributed by atoms with E-state index in [4.69, 9.17) is 16.0 Å². The summed E-state index contributed by atoms with van der Waals surface area (Å²) in [5.41, 5.74) is 5.27. The summed E-state index contributed by atoms with van der Waals surface area (Å²) in [5, 5.41) is 17.9. The van der Waals surface area contributed by atoms with Gasteiger partial charge in [-0.25, -0.2) is 5.06 Å². The lowest BCUT2D eigenvalue weighted by molar-refractivity contribution is -0.168.